The van der Waals surface area contributed by atoms with Crippen LogP contribution in [0.15, 0.2) is 38.9 Å². The van der Waals surface area contributed by atoms with Gasteiger partial charge in [0.25, 0.3) is 11.2 Å². The second kappa shape index (κ2) is 9.73. The van der Waals surface area contributed by atoms with Crippen molar-refractivity contribution in [2.45, 2.75) is 24.0 Å². The molecular formula is C21H22N6O6S. The third-order valence-electron chi connectivity index (χ3n) is 5.49. The number of amides is 1. The highest BCUT2D eigenvalue weighted by Crippen LogP contribution is 2.27. The van der Waals surface area contributed by atoms with E-state index in [4.69, 9.17) is 4.74 Å². The maximum atomic E-state index is 12.9. The van der Waals surface area contributed by atoms with Crippen LogP contribution >= 0.6 is 11.8 Å². The number of aryl methyl sites for hydroxylation is 1. The number of non-ortho nitro benzene ring substituents is 1. The number of rotatable bonds is 7. The first kappa shape index (κ1) is 23.6. The zero-order valence-electron chi connectivity index (χ0n) is 18.5. The van der Waals surface area contributed by atoms with E-state index in [0.29, 0.717) is 18.7 Å². The molecule has 1 saturated heterocycles. The van der Waals surface area contributed by atoms with E-state index >= 15 is 0 Å². The molecule has 0 radical (unpaired) electrons. The number of carbonyl (C=O) groups is 1. The smallest absolute Gasteiger partial charge is 0.332 e. The normalized spacial score (nSPS) is 15.5. The van der Waals surface area contributed by atoms with Crippen LogP contribution < -0.4 is 16.6 Å². The van der Waals surface area contributed by atoms with Crippen LogP contribution in [0.3, 0.4) is 0 Å². The number of ether oxygens (including phenoxy) is 1. The van der Waals surface area contributed by atoms with Crippen LogP contribution in [-0.4, -0.2) is 54.9 Å². The SMILES string of the molecule is Cn1c(=O)c2c(SCC(=O)NC[C@H]3CCCO3)nc(-c3ccc([N+](=O)[O-])cc3)nc2n(C)c1=O. The minimum Gasteiger partial charge on any atom is -0.376 e. The van der Waals surface area contributed by atoms with Crippen molar-refractivity contribution in [2.75, 3.05) is 18.9 Å². The lowest BCUT2D eigenvalue weighted by atomic mass is 10.2. The second-order valence-corrected chi connectivity index (χ2v) is 8.75. The zero-order valence-corrected chi connectivity index (χ0v) is 19.3. The molecule has 1 aliphatic rings. The Morgan fingerprint density at radius 2 is 1.97 bits per heavy atom. The van der Waals surface area contributed by atoms with Crippen molar-refractivity contribution in [3.05, 3.63) is 55.2 Å². The van der Waals surface area contributed by atoms with Gasteiger partial charge in [0, 0.05) is 44.9 Å². The molecule has 3 heterocycles. The van der Waals surface area contributed by atoms with Crippen LogP contribution in [-0.2, 0) is 23.6 Å². The van der Waals surface area contributed by atoms with E-state index in [1.165, 1.54) is 42.9 Å². The summed E-state index contributed by atoms with van der Waals surface area (Å²) in [6.45, 7) is 1.10. The fourth-order valence-corrected chi connectivity index (χ4v) is 4.46. The lowest BCUT2D eigenvalue weighted by molar-refractivity contribution is -0.384. The zero-order chi connectivity index (χ0) is 24.4. The molecule has 0 saturated carbocycles. The molecular weight excluding hydrogens is 464 g/mol. The van der Waals surface area contributed by atoms with Gasteiger partial charge >= 0.3 is 5.69 Å². The maximum Gasteiger partial charge on any atom is 0.332 e. The van der Waals surface area contributed by atoms with Gasteiger partial charge in [0.15, 0.2) is 11.5 Å². The van der Waals surface area contributed by atoms with E-state index in [-0.39, 0.29) is 45.3 Å². The number of nitro benzene ring substituents is 1. The van der Waals surface area contributed by atoms with E-state index in [2.05, 4.69) is 15.3 Å². The van der Waals surface area contributed by atoms with E-state index < -0.39 is 16.2 Å². The van der Waals surface area contributed by atoms with Gasteiger partial charge in [0.2, 0.25) is 5.91 Å². The van der Waals surface area contributed by atoms with Gasteiger partial charge in [-0.15, -0.1) is 0 Å². The number of hydrogen-bond acceptors (Lipinski definition) is 9. The molecule has 4 rings (SSSR count). The molecule has 1 N–H and O–H groups in total. The molecule has 1 aromatic carbocycles. The summed E-state index contributed by atoms with van der Waals surface area (Å²) < 4.78 is 7.69. The van der Waals surface area contributed by atoms with Gasteiger partial charge < -0.3 is 10.1 Å². The first-order chi connectivity index (χ1) is 16.3. The minimum atomic E-state index is -0.574. The Hall–Kier alpha value is -3.58. The Bertz CT molecular complexity index is 1380. The van der Waals surface area contributed by atoms with E-state index in [1.54, 1.807) is 0 Å². The fourth-order valence-electron chi connectivity index (χ4n) is 3.61. The highest BCUT2D eigenvalue weighted by atomic mass is 32.2. The van der Waals surface area contributed by atoms with Gasteiger partial charge in [-0.2, -0.15) is 0 Å². The van der Waals surface area contributed by atoms with Crippen LogP contribution in [0, 0.1) is 10.1 Å². The van der Waals surface area contributed by atoms with Crippen molar-refractivity contribution in [3.63, 3.8) is 0 Å². The predicted octanol–water partition coefficient (Wildman–Crippen LogP) is 0.990. The van der Waals surface area contributed by atoms with Gasteiger partial charge in [0.05, 0.1) is 16.8 Å². The first-order valence-electron chi connectivity index (χ1n) is 10.5. The number of nitro groups is 1. The molecule has 0 bridgehead atoms. The summed E-state index contributed by atoms with van der Waals surface area (Å²) in [6, 6.07) is 5.61. The highest BCUT2D eigenvalue weighted by Gasteiger charge is 2.20. The molecule has 34 heavy (non-hydrogen) atoms. The van der Waals surface area contributed by atoms with Gasteiger partial charge in [0.1, 0.15) is 10.4 Å². The molecule has 1 amide bonds. The number of carbonyl (C=O) groups excluding carboxylic acids is 1. The van der Waals surface area contributed by atoms with Gasteiger partial charge in [-0.05, 0) is 25.0 Å². The van der Waals surface area contributed by atoms with Crippen LogP contribution in [0.25, 0.3) is 22.4 Å². The summed E-state index contributed by atoms with van der Waals surface area (Å²) in [4.78, 5) is 57.1. The molecule has 3 aromatic rings. The standard InChI is InChI=1S/C21H22N6O6S/c1-25-18-16(20(29)26(2)21(25)30)19(34-11-15(28)22-10-14-4-3-9-33-14)24-17(23-18)12-5-7-13(8-6-12)27(31)32/h5-8,14H,3-4,9-11H2,1-2H3,(H,22,28)/t14-/m1/s1. The number of nitrogens with one attached hydrogen (secondary N) is 1. The largest absolute Gasteiger partial charge is 0.376 e. The summed E-state index contributed by atoms with van der Waals surface area (Å²) in [5.74, 6) is -0.0800. The number of thioether (sulfide) groups is 1. The van der Waals surface area contributed by atoms with Crippen LogP contribution in [0.1, 0.15) is 12.8 Å². The predicted molar refractivity (Wildman–Crippen MR) is 125 cm³/mol. The van der Waals surface area contributed by atoms with Crippen molar-refractivity contribution < 1.29 is 14.5 Å². The molecule has 0 aliphatic carbocycles. The molecule has 178 valence electrons. The summed E-state index contributed by atoms with van der Waals surface area (Å²) in [5, 5.41) is 14.1. The monoisotopic (exact) mass is 486 g/mol. The Kier molecular flexibility index (Phi) is 6.75. The van der Waals surface area contributed by atoms with Crippen LogP contribution in [0.4, 0.5) is 5.69 Å². The number of hydrogen-bond donors (Lipinski definition) is 1. The van der Waals surface area contributed by atoms with E-state index in [1.807, 2.05) is 0 Å². The van der Waals surface area contributed by atoms with Gasteiger partial charge in [-0.25, -0.2) is 14.8 Å². The molecule has 13 heteroatoms. The van der Waals surface area contributed by atoms with Gasteiger partial charge in [-0.1, -0.05) is 11.8 Å². The average molecular weight is 487 g/mol. The molecule has 2 aromatic heterocycles. The fraction of sp³-hybridized carbons (Fsp3) is 0.381. The summed E-state index contributed by atoms with van der Waals surface area (Å²) in [6.07, 6.45) is 1.87. The highest BCUT2D eigenvalue weighted by molar-refractivity contribution is 8.00. The molecule has 1 fully saturated rings. The summed E-state index contributed by atoms with van der Waals surface area (Å²) in [5.41, 5.74) is -0.654. The number of fused-ring (bicyclic) bond motifs is 1. The Morgan fingerprint density at radius 3 is 2.62 bits per heavy atom. The topological polar surface area (TPSA) is 151 Å². The van der Waals surface area contributed by atoms with Gasteiger partial charge in [-0.3, -0.25) is 28.8 Å². The van der Waals surface area contributed by atoms with Crippen molar-refractivity contribution in [1.29, 1.82) is 0 Å². The second-order valence-electron chi connectivity index (χ2n) is 7.79. The maximum absolute atomic E-state index is 12.9. The Balaban J connectivity index is 1.70. The van der Waals surface area contributed by atoms with E-state index in [0.717, 1.165) is 29.2 Å². The van der Waals surface area contributed by atoms with Crippen LogP contribution in [0.2, 0.25) is 0 Å². The third kappa shape index (κ3) is 4.70. The quantitative estimate of drug-likeness (QED) is 0.223. The molecule has 1 atom stereocenters. The number of nitrogens with zero attached hydrogens (tertiary/aromatic N) is 5. The molecule has 1 aliphatic heterocycles. The number of aromatic nitrogens is 4. The lowest BCUT2D eigenvalue weighted by Crippen LogP contribution is -2.38. The number of benzene rings is 1. The van der Waals surface area contributed by atoms with Crippen molar-refractivity contribution in [2.24, 2.45) is 14.1 Å². The Labute approximate surface area is 197 Å². The summed E-state index contributed by atoms with van der Waals surface area (Å²) in [7, 11) is 2.84. The Morgan fingerprint density at radius 1 is 1.24 bits per heavy atom. The first-order valence-corrected chi connectivity index (χ1v) is 11.5. The average Bonchev–Trinajstić information content (AvgIpc) is 3.37. The summed E-state index contributed by atoms with van der Waals surface area (Å²) >= 11 is 1.05. The van der Waals surface area contributed by atoms with Crippen molar-refractivity contribution in [1.82, 2.24) is 24.4 Å². The minimum absolute atomic E-state index is 0.00406. The van der Waals surface area contributed by atoms with E-state index in [9.17, 15) is 24.5 Å². The van der Waals surface area contributed by atoms with Crippen molar-refractivity contribution >= 4 is 34.4 Å². The molecule has 0 spiro atoms. The lowest BCUT2D eigenvalue weighted by Gasteiger charge is -2.13. The van der Waals surface area contributed by atoms with Crippen molar-refractivity contribution in [3.8, 4) is 11.4 Å². The molecule has 0 unspecified atom stereocenters. The third-order valence-corrected chi connectivity index (χ3v) is 6.47. The van der Waals surface area contributed by atoms with Crippen LogP contribution in [0.5, 0.6) is 0 Å². The molecule has 12 nitrogen and oxygen atoms in total.